The van der Waals surface area contributed by atoms with Gasteiger partial charge in [0, 0.05) is 13.1 Å². The normalized spacial score (nSPS) is 11.3. The van der Waals surface area contributed by atoms with Crippen molar-refractivity contribution in [2.75, 3.05) is 11.9 Å². The first-order chi connectivity index (χ1) is 7.60. The molecule has 3 nitrogen and oxygen atoms in total. The molecule has 0 spiro atoms. The van der Waals surface area contributed by atoms with E-state index in [0.29, 0.717) is 12.0 Å². The third-order valence-electron chi connectivity index (χ3n) is 2.70. The van der Waals surface area contributed by atoms with Gasteiger partial charge in [-0.3, -0.25) is 0 Å². The van der Waals surface area contributed by atoms with Crippen molar-refractivity contribution in [1.29, 1.82) is 10.5 Å². The molecule has 0 saturated carbocycles. The zero-order valence-electron chi connectivity index (χ0n) is 9.86. The van der Waals surface area contributed by atoms with Crippen LogP contribution in [0.2, 0.25) is 0 Å². The highest BCUT2D eigenvalue weighted by atomic mass is 15.1. The van der Waals surface area contributed by atoms with Crippen LogP contribution >= 0.6 is 0 Å². The number of nitrogens with zero attached hydrogens (tertiary/aromatic N) is 3. The summed E-state index contributed by atoms with van der Waals surface area (Å²) in [5.74, 6) is 0. The Morgan fingerprint density at radius 3 is 2.62 bits per heavy atom. The summed E-state index contributed by atoms with van der Waals surface area (Å²) in [4.78, 5) is 1.97. The smallest absolute Gasteiger partial charge is 0.101 e. The molecule has 0 bridgehead atoms. The molecule has 0 heterocycles. The van der Waals surface area contributed by atoms with Crippen LogP contribution in [0.4, 0.5) is 5.69 Å². The van der Waals surface area contributed by atoms with Gasteiger partial charge in [0.1, 0.15) is 6.07 Å². The second-order valence-electron chi connectivity index (χ2n) is 3.95. The third-order valence-corrected chi connectivity index (χ3v) is 2.70. The molecule has 82 valence electrons. The predicted octanol–water partition coefficient (Wildman–Crippen LogP) is 2.61. The molecule has 0 aliphatic heterocycles. The van der Waals surface area contributed by atoms with Crippen molar-refractivity contribution in [3.05, 3.63) is 29.3 Å². The van der Waals surface area contributed by atoms with E-state index in [2.05, 4.69) is 12.1 Å². The highest BCUT2D eigenvalue weighted by molar-refractivity contribution is 5.60. The maximum atomic E-state index is 9.06. The van der Waals surface area contributed by atoms with Crippen molar-refractivity contribution < 1.29 is 0 Å². The molecule has 0 amide bonds. The molecule has 1 aromatic rings. The van der Waals surface area contributed by atoms with E-state index in [-0.39, 0.29) is 6.04 Å². The summed E-state index contributed by atoms with van der Waals surface area (Å²) < 4.78 is 0. The lowest BCUT2D eigenvalue weighted by Gasteiger charge is -2.26. The summed E-state index contributed by atoms with van der Waals surface area (Å²) in [6.07, 6.45) is 0.454. The summed E-state index contributed by atoms with van der Waals surface area (Å²) in [5.41, 5.74) is 2.62. The highest BCUT2D eigenvalue weighted by Crippen LogP contribution is 2.22. The topological polar surface area (TPSA) is 50.8 Å². The Bertz CT molecular complexity index is 451. The predicted molar refractivity (Wildman–Crippen MR) is 64.0 cm³/mol. The van der Waals surface area contributed by atoms with Crippen LogP contribution in [-0.4, -0.2) is 13.1 Å². The molecule has 0 aliphatic carbocycles. The van der Waals surface area contributed by atoms with Crippen molar-refractivity contribution >= 4 is 5.69 Å². The van der Waals surface area contributed by atoms with Gasteiger partial charge in [-0.2, -0.15) is 10.5 Å². The Morgan fingerprint density at radius 1 is 1.38 bits per heavy atom. The average Bonchev–Trinajstić information content (AvgIpc) is 2.28. The Kier molecular flexibility index (Phi) is 3.91. The quantitative estimate of drug-likeness (QED) is 0.775. The summed E-state index contributed by atoms with van der Waals surface area (Å²) in [7, 11) is 1.91. The first kappa shape index (κ1) is 12.1. The third kappa shape index (κ3) is 2.52. The fourth-order valence-corrected chi connectivity index (χ4v) is 1.55. The van der Waals surface area contributed by atoms with Crippen molar-refractivity contribution in [2.24, 2.45) is 0 Å². The number of anilines is 1. The van der Waals surface area contributed by atoms with E-state index in [9.17, 15) is 0 Å². The largest absolute Gasteiger partial charge is 0.370 e. The Hall–Kier alpha value is -2.00. The lowest BCUT2D eigenvalue weighted by atomic mass is 10.1. The molecule has 1 rings (SSSR count). The van der Waals surface area contributed by atoms with Gasteiger partial charge in [-0.25, -0.2) is 0 Å². The standard InChI is InChI=1S/C13H15N3/c1-10-4-5-13(12(8-10)9-15)16(3)11(2)6-7-14/h4-5,8,11H,6H2,1-3H3. The number of hydrogen-bond donors (Lipinski definition) is 0. The van der Waals surface area contributed by atoms with E-state index < -0.39 is 0 Å². The summed E-state index contributed by atoms with van der Waals surface area (Å²) in [6, 6.07) is 10.2. The van der Waals surface area contributed by atoms with Crippen molar-refractivity contribution in [3.8, 4) is 12.1 Å². The maximum Gasteiger partial charge on any atom is 0.101 e. The molecule has 1 aromatic carbocycles. The molecule has 3 heteroatoms. The van der Waals surface area contributed by atoms with Crippen LogP contribution in [-0.2, 0) is 0 Å². The van der Waals surface area contributed by atoms with Crippen LogP contribution in [0.15, 0.2) is 18.2 Å². The van der Waals surface area contributed by atoms with Gasteiger partial charge in [0.05, 0.1) is 23.7 Å². The van der Waals surface area contributed by atoms with Gasteiger partial charge < -0.3 is 4.90 Å². The van der Waals surface area contributed by atoms with Gasteiger partial charge >= 0.3 is 0 Å². The molecule has 16 heavy (non-hydrogen) atoms. The van der Waals surface area contributed by atoms with Crippen LogP contribution in [0.1, 0.15) is 24.5 Å². The molecule has 0 saturated heterocycles. The fraction of sp³-hybridized carbons (Fsp3) is 0.385. The fourth-order valence-electron chi connectivity index (χ4n) is 1.55. The zero-order valence-corrected chi connectivity index (χ0v) is 9.86. The zero-order chi connectivity index (χ0) is 12.1. The van der Waals surface area contributed by atoms with Gasteiger partial charge in [-0.05, 0) is 31.5 Å². The summed E-state index contributed by atoms with van der Waals surface area (Å²) >= 11 is 0. The SMILES string of the molecule is Cc1ccc(N(C)C(C)CC#N)c(C#N)c1. The molecule has 0 radical (unpaired) electrons. The van der Waals surface area contributed by atoms with Crippen LogP contribution in [0.5, 0.6) is 0 Å². The maximum absolute atomic E-state index is 9.06. The second-order valence-corrected chi connectivity index (χ2v) is 3.95. The number of aryl methyl sites for hydroxylation is 1. The van der Waals surface area contributed by atoms with Gasteiger partial charge in [0.25, 0.3) is 0 Å². The minimum atomic E-state index is 0.111. The van der Waals surface area contributed by atoms with Gasteiger partial charge in [-0.15, -0.1) is 0 Å². The van der Waals surface area contributed by atoms with Crippen LogP contribution < -0.4 is 4.90 Å². The van der Waals surface area contributed by atoms with E-state index >= 15 is 0 Å². The Balaban J connectivity index is 3.05. The van der Waals surface area contributed by atoms with Crippen LogP contribution in [0, 0.1) is 29.6 Å². The monoisotopic (exact) mass is 213 g/mol. The number of hydrogen-bond acceptors (Lipinski definition) is 3. The van der Waals surface area contributed by atoms with Crippen molar-refractivity contribution in [3.63, 3.8) is 0 Å². The van der Waals surface area contributed by atoms with Gasteiger partial charge in [0.2, 0.25) is 0 Å². The van der Waals surface area contributed by atoms with Gasteiger partial charge in [-0.1, -0.05) is 6.07 Å². The average molecular weight is 213 g/mol. The molecular formula is C13H15N3. The van der Waals surface area contributed by atoms with Crippen LogP contribution in [0.3, 0.4) is 0 Å². The van der Waals surface area contributed by atoms with Gasteiger partial charge in [0.15, 0.2) is 0 Å². The first-order valence-corrected chi connectivity index (χ1v) is 5.20. The van der Waals surface area contributed by atoms with E-state index in [4.69, 9.17) is 10.5 Å². The number of rotatable bonds is 3. The summed E-state index contributed by atoms with van der Waals surface area (Å²) in [5, 5.41) is 17.7. The molecule has 0 N–H and O–H groups in total. The van der Waals surface area contributed by atoms with Crippen molar-refractivity contribution in [1.82, 2.24) is 0 Å². The lowest BCUT2D eigenvalue weighted by Crippen LogP contribution is -2.29. The molecule has 1 atom stereocenters. The van der Waals surface area contributed by atoms with Crippen molar-refractivity contribution in [2.45, 2.75) is 26.3 Å². The molecular weight excluding hydrogens is 198 g/mol. The minimum absolute atomic E-state index is 0.111. The second kappa shape index (κ2) is 5.19. The number of benzene rings is 1. The van der Waals surface area contributed by atoms with E-state index in [1.807, 2.05) is 44.0 Å². The summed E-state index contributed by atoms with van der Waals surface area (Å²) in [6.45, 7) is 3.94. The molecule has 0 aliphatic rings. The van der Waals surface area contributed by atoms with E-state index in [1.165, 1.54) is 0 Å². The molecule has 0 fully saturated rings. The lowest BCUT2D eigenvalue weighted by molar-refractivity contribution is 0.702. The first-order valence-electron chi connectivity index (χ1n) is 5.20. The minimum Gasteiger partial charge on any atom is -0.370 e. The van der Waals surface area contributed by atoms with E-state index in [1.54, 1.807) is 0 Å². The molecule has 1 unspecified atom stereocenters. The Labute approximate surface area is 96.5 Å². The molecule has 0 aromatic heterocycles. The highest BCUT2D eigenvalue weighted by Gasteiger charge is 2.13. The number of nitriles is 2. The van der Waals surface area contributed by atoms with E-state index in [0.717, 1.165) is 11.3 Å². The van der Waals surface area contributed by atoms with Crippen LogP contribution in [0.25, 0.3) is 0 Å². The Morgan fingerprint density at radius 2 is 2.06 bits per heavy atom.